The lowest BCUT2D eigenvalue weighted by atomic mass is 9.91. The van der Waals surface area contributed by atoms with E-state index in [1.165, 1.54) is 0 Å². The minimum absolute atomic E-state index is 0.0196. The molecule has 0 amide bonds. The maximum absolute atomic E-state index is 10.5. The van der Waals surface area contributed by atoms with Gasteiger partial charge in [-0.1, -0.05) is 37.6 Å². The van der Waals surface area contributed by atoms with Crippen LogP contribution >= 0.6 is 11.6 Å². The molecule has 0 fully saturated rings. The minimum atomic E-state index is -0.526. The third-order valence-electron chi connectivity index (χ3n) is 2.87. The van der Waals surface area contributed by atoms with Crippen LogP contribution in [0.1, 0.15) is 46.3 Å². The SMILES string of the molecule is CC(C)C(NC(C)(C)C)C(O)c1ccc(Cl)cc1. The van der Waals surface area contributed by atoms with Gasteiger partial charge in [0.25, 0.3) is 0 Å². The van der Waals surface area contributed by atoms with Crippen LogP contribution in [0.25, 0.3) is 0 Å². The molecule has 2 unspecified atom stereocenters. The standard InChI is InChI=1S/C15H24ClNO/c1-10(2)13(17-15(3,4)5)14(18)11-6-8-12(16)9-7-11/h6-10,13-14,17-18H,1-5H3. The Balaban J connectivity index is 2.89. The molecule has 2 nitrogen and oxygen atoms in total. The highest BCUT2D eigenvalue weighted by Crippen LogP contribution is 2.25. The number of hydrogen-bond donors (Lipinski definition) is 2. The van der Waals surface area contributed by atoms with Crippen molar-refractivity contribution in [2.75, 3.05) is 0 Å². The Morgan fingerprint density at radius 1 is 1.11 bits per heavy atom. The molecule has 0 saturated heterocycles. The van der Waals surface area contributed by atoms with Crippen LogP contribution in [0.4, 0.5) is 0 Å². The second-order valence-electron chi connectivity index (χ2n) is 6.16. The quantitative estimate of drug-likeness (QED) is 0.872. The average Bonchev–Trinajstić information content (AvgIpc) is 2.24. The summed E-state index contributed by atoms with van der Waals surface area (Å²) < 4.78 is 0. The van der Waals surface area contributed by atoms with Gasteiger partial charge in [-0.05, 0) is 44.4 Å². The molecule has 2 N–H and O–H groups in total. The van der Waals surface area contributed by atoms with E-state index in [0.717, 1.165) is 5.56 Å². The molecule has 18 heavy (non-hydrogen) atoms. The first-order chi connectivity index (χ1) is 8.20. The van der Waals surface area contributed by atoms with Crippen molar-refractivity contribution in [3.8, 4) is 0 Å². The van der Waals surface area contributed by atoms with E-state index >= 15 is 0 Å². The second kappa shape index (κ2) is 6.05. The predicted molar refractivity (Wildman–Crippen MR) is 77.9 cm³/mol. The molecule has 1 rings (SSSR count). The van der Waals surface area contributed by atoms with E-state index in [2.05, 4.69) is 39.9 Å². The first-order valence-electron chi connectivity index (χ1n) is 6.42. The van der Waals surface area contributed by atoms with E-state index in [-0.39, 0.29) is 11.6 Å². The van der Waals surface area contributed by atoms with Crippen molar-refractivity contribution >= 4 is 11.6 Å². The van der Waals surface area contributed by atoms with Gasteiger partial charge in [0.1, 0.15) is 0 Å². The highest BCUT2D eigenvalue weighted by Gasteiger charge is 2.27. The molecule has 0 aromatic heterocycles. The van der Waals surface area contributed by atoms with E-state index in [1.807, 2.05) is 24.3 Å². The number of hydrogen-bond acceptors (Lipinski definition) is 2. The van der Waals surface area contributed by atoms with Crippen molar-refractivity contribution in [1.82, 2.24) is 5.32 Å². The van der Waals surface area contributed by atoms with E-state index < -0.39 is 6.10 Å². The van der Waals surface area contributed by atoms with Gasteiger partial charge < -0.3 is 10.4 Å². The largest absolute Gasteiger partial charge is 0.387 e. The van der Waals surface area contributed by atoms with E-state index in [4.69, 9.17) is 11.6 Å². The first kappa shape index (κ1) is 15.5. The Kier molecular flexibility index (Phi) is 5.20. The van der Waals surface area contributed by atoms with Crippen molar-refractivity contribution < 1.29 is 5.11 Å². The Morgan fingerprint density at radius 3 is 2.00 bits per heavy atom. The molecule has 3 heteroatoms. The van der Waals surface area contributed by atoms with Crippen LogP contribution in [0.2, 0.25) is 5.02 Å². The number of benzene rings is 1. The van der Waals surface area contributed by atoms with Gasteiger partial charge >= 0.3 is 0 Å². The molecular formula is C15H24ClNO. The van der Waals surface area contributed by atoms with Crippen LogP contribution in [0.5, 0.6) is 0 Å². The number of aliphatic hydroxyl groups is 1. The summed E-state index contributed by atoms with van der Waals surface area (Å²) >= 11 is 5.87. The number of nitrogens with one attached hydrogen (secondary N) is 1. The fraction of sp³-hybridized carbons (Fsp3) is 0.600. The zero-order chi connectivity index (χ0) is 13.9. The van der Waals surface area contributed by atoms with Crippen LogP contribution in [0, 0.1) is 5.92 Å². The van der Waals surface area contributed by atoms with Gasteiger partial charge in [0.05, 0.1) is 6.10 Å². The maximum Gasteiger partial charge on any atom is 0.0945 e. The highest BCUT2D eigenvalue weighted by molar-refractivity contribution is 6.30. The van der Waals surface area contributed by atoms with Gasteiger partial charge in [-0.25, -0.2) is 0 Å². The van der Waals surface area contributed by atoms with Crippen LogP contribution in [0.3, 0.4) is 0 Å². The van der Waals surface area contributed by atoms with E-state index in [0.29, 0.717) is 10.9 Å². The van der Waals surface area contributed by atoms with Crippen molar-refractivity contribution in [2.45, 2.75) is 52.3 Å². The van der Waals surface area contributed by atoms with Gasteiger partial charge in [0.15, 0.2) is 0 Å². The molecule has 1 aromatic carbocycles. The molecule has 0 aliphatic rings. The molecule has 1 aromatic rings. The van der Waals surface area contributed by atoms with Crippen LogP contribution in [-0.2, 0) is 0 Å². The molecule has 0 radical (unpaired) electrons. The molecule has 0 aliphatic carbocycles. The van der Waals surface area contributed by atoms with Crippen LogP contribution < -0.4 is 5.32 Å². The van der Waals surface area contributed by atoms with Gasteiger partial charge in [-0.3, -0.25) is 0 Å². The third kappa shape index (κ3) is 4.60. The number of halogens is 1. The molecule has 2 atom stereocenters. The average molecular weight is 270 g/mol. The fourth-order valence-corrected chi connectivity index (χ4v) is 2.10. The van der Waals surface area contributed by atoms with Crippen molar-refractivity contribution in [1.29, 1.82) is 0 Å². The number of aliphatic hydroxyl groups excluding tert-OH is 1. The zero-order valence-electron chi connectivity index (χ0n) is 11.9. The van der Waals surface area contributed by atoms with Gasteiger partial charge in [-0.2, -0.15) is 0 Å². The second-order valence-corrected chi connectivity index (χ2v) is 6.60. The summed E-state index contributed by atoms with van der Waals surface area (Å²) in [6.07, 6.45) is -0.526. The summed E-state index contributed by atoms with van der Waals surface area (Å²) in [5.74, 6) is 0.343. The Morgan fingerprint density at radius 2 is 1.61 bits per heavy atom. The topological polar surface area (TPSA) is 32.3 Å². The van der Waals surface area contributed by atoms with E-state index in [9.17, 15) is 5.11 Å². The third-order valence-corrected chi connectivity index (χ3v) is 3.12. The minimum Gasteiger partial charge on any atom is -0.387 e. The molecule has 0 saturated carbocycles. The Hall–Kier alpha value is -0.570. The summed E-state index contributed by atoms with van der Waals surface area (Å²) in [5, 5.41) is 14.7. The zero-order valence-corrected chi connectivity index (χ0v) is 12.6. The number of rotatable bonds is 4. The van der Waals surface area contributed by atoms with Gasteiger partial charge in [0, 0.05) is 16.6 Å². The first-order valence-corrected chi connectivity index (χ1v) is 6.80. The van der Waals surface area contributed by atoms with Crippen molar-refractivity contribution in [3.05, 3.63) is 34.9 Å². The molecule has 0 bridgehead atoms. The predicted octanol–water partition coefficient (Wildman–Crippen LogP) is 3.79. The smallest absolute Gasteiger partial charge is 0.0945 e. The molecule has 102 valence electrons. The lowest BCUT2D eigenvalue weighted by molar-refractivity contribution is 0.0894. The summed E-state index contributed by atoms with van der Waals surface area (Å²) in [6, 6.07) is 7.41. The van der Waals surface area contributed by atoms with Crippen LogP contribution in [0.15, 0.2) is 24.3 Å². The molecular weight excluding hydrogens is 246 g/mol. The summed E-state index contributed by atoms with van der Waals surface area (Å²) in [4.78, 5) is 0. The van der Waals surface area contributed by atoms with Crippen molar-refractivity contribution in [2.24, 2.45) is 5.92 Å². The van der Waals surface area contributed by atoms with Gasteiger partial charge in [-0.15, -0.1) is 0 Å². The van der Waals surface area contributed by atoms with E-state index in [1.54, 1.807) is 0 Å². The van der Waals surface area contributed by atoms with Crippen molar-refractivity contribution in [3.63, 3.8) is 0 Å². The molecule has 0 heterocycles. The highest BCUT2D eigenvalue weighted by atomic mass is 35.5. The lowest BCUT2D eigenvalue weighted by Gasteiger charge is -2.34. The Labute approximate surface area is 115 Å². The summed E-state index contributed by atoms with van der Waals surface area (Å²) in [7, 11) is 0. The van der Waals surface area contributed by atoms with Gasteiger partial charge in [0.2, 0.25) is 0 Å². The normalized spacial score (nSPS) is 15.8. The summed E-state index contributed by atoms with van der Waals surface area (Å²) in [5.41, 5.74) is 0.873. The summed E-state index contributed by atoms with van der Waals surface area (Å²) in [6.45, 7) is 10.6. The monoisotopic (exact) mass is 269 g/mol. The maximum atomic E-state index is 10.5. The fourth-order valence-electron chi connectivity index (χ4n) is 1.98. The molecule has 0 aliphatic heterocycles. The Bertz CT molecular complexity index is 367. The van der Waals surface area contributed by atoms with Crippen LogP contribution in [-0.4, -0.2) is 16.7 Å². The lowest BCUT2D eigenvalue weighted by Crippen LogP contribution is -2.49. The molecule has 0 spiro atoms.